The lowest BCUT2D eigenvalue weighted by Crippen LogP contribution is -2.16. The van der Waals surface area contributed by atoms with Gasteiger partial charge in [0.2, 0.25) is 0 Å². The number of hydrogen-bond donors (Lipinski definition) is 2. The van der Waals surface area contributed by atoms with Crippen LogP contribution in [0.25, 0.3) is 0 Å². The zero-order valence-corrected chi connectivity index (χ0v) is 19.0. The molecule has 0 aliphatic carbocycles. The van der Waals surface area contributed by atoms with Gasteiger partial charge in [-0.25, -0.2) is 9.59 Å². The Morgan fingerprint density at radius 1 is 1.29 bits per heavy atom. The zero-order valence-electron chi connectivity index (χ0n) is 19.0. The Bertz CT molecular complexity index is 907. The second-order valence-corrected chi connectivity index (χ2v) is 7.51. The van der Waals surface area contributed by atoms with Crippen LogP contribution in [-0.2, 0) is 4.74 Å². The molecule has 7 heteroatoms. The van der Waals surface area contributed by atoms with E-state index in [-0.39, 0.29) is 17.2 Å². The molecule has 0 saturated heterocycles. The SMILES string of the molecule is CCCC/C(C)=C\C=C(/C)C(=O)c1c(O)cc(C(C)CC/C=C/NC(=O)OC)oc1=O. The fourth-order valence-electron chi connectivity index (χ4n) is 2.79. The van der Waals surface area contributed by atoms with Gasteiger partial charge in [0.05, 0.1) is 7.11 Å². The Kier molecular flexibility index (Phi) is 11.1. The van der Waals surface area contributed by atoms with Gasteiger partial charge >= 0.3 is 11.7 Å². The first-order valence-electron chi connectivity index (χ1n) is 10.5. The summed E-state index contributed by atoms with van der Waals surface area (Å²) in [6, 6.07) is 1.32. The Labute approximate surface area is 183 Å². The van der Waals surface area contributed by atoms with Crippen molar-refractivity contribution in [2.24, 2.45) is 0 Å². The van der Waals surface area contributed by atoms with Gasteiger partial charge in [0, 0.05) is 18.2 Å². The van der Waals surface area contributed by atoms with Crippen LogP contribution in [0.5, 0.6) is 5.75 Å². The maximum absolute atomic E-state index is 12.6. The largest absolute Gasteiger partial charge is 0.507 e. The number of ketones is 1. The molecule has 0 aromatic carbocycles. The van der Waals surface area contributed by atoms with E-state index in [0.717, 1.165) is 24.8 Å². The van der Waals surface area contributed by atoms with E-state index < -0.39 is 17.5 Å². The van der Waals surface area contributed by atoms with Gasteiger partial charge in [0.1, 0.15) is 17.1 Å². The summed E-state index contributed by atoms with van der Waals surface area (Å²) in [6.45, 7) is 7.56. The number of amides is 1. The predicted molar refractivity (Wildman–Crippen MR) is 120 cm³/mol. The smallest absolute Gasteiger partial charge is 0.410 e. The van der Waals surface area contributed by atoms with Crippen molar-refractivity contribution in [3.05, 3.63) is 63.4 Å². The van der Waals surface area contributed by atoms with Crippen molar-refractivity contribution in [1.29, 1.82) is 0 Å². The van der Waals surface area contributed by atoms with Crippen molar-refractivity contribution in [3.8, 4) is 5.75 Å². The molecule has 0 radical (unpaired) electrons. The third-order valence-corrected chi connectivity index (χ3v) is 4.83. The molecule has 1 rings (SSSR count). The maximum Gasteiger partial charge on any atom is 0.410 e. The summed E-state index contributed by atoms with van der Waals surface area (Å²) in [7, 11) is 1.27. The van der Waals surface area contributed by atoms with Crippen LogP contribution in [0.1, 0.15) is 81.8 Å². The standard InChI is InChI=1S/C24H33NO6/c1-6-7-10-16(2)12-13-18(4)22(27)21-19(26)15-20(31-23(21)28)17(3)11-8-9-14-25-24(29)30-5/h9,12-15,17,26H,6-8,10-11H2,1-5H3,(H,25,29)/b14-9+,16-12-,18-13+. The molecule has 2 N–H and O–H groups in total. The van der Waals surface area contributed by atoms with Crippen molar-refractivity contribution in [2.75, 3.05) is 7.11 Å². The fraction of sp³-hybridized carbons (Fsp3) is 0.458. The van der Waals surface area contributed by atoms with E-state index >= 15 is 0 Å². The molecule has 7 nitrogen and oxygen atoms in total. The quantitative estimate of drug-likeness (QED) is 0.277. The summed E-state index contributed by atoms with van der Waals surface area (Å²) >= 11 is 0. The first-order chi connectivity index (χ1) is 14.7. The normalized spacial score (nSPS) is 13.3. The molecule has 0 spiro atoms. The van der Waals surface area contributed by atoms with E-state index in [2.05, 4.69) is 17.0 Å². The maximum atomic E-state index is 12.6. The predicted octanol–water partition coefficient (Wildman–Crippen LogP) is 5.36. The minimum Gasteiger partial charge on any atom is -0.507 e. The summed E-state index contributed by atoms with van der Waals surface area (Å²) in [4.78, 5) is 36.0. The molecular formula is C24H33NO6. The Balaban J connectivity index is 2.88. The van der Waals surface area contributed by atoms with E-state index in [1.807, 2.05) is 19.9 Å². The number of carbonyl (C=O) groups excluding carboxylic acids is 2. The highest BCUT2D eigenvalue weighted by atomic mass is 16.5. The third-order valence-electron chi connectivity index (χ3n) is 4.83. The molecule has 0 bridgehead atoms. The molecule has 1 amide bonds. The van der Waals surface area contributed by atoms with Crippen molar-refractivity contribution in [2.45, 2.75) is 65.7 Å². The summed E-state index contributed by atoms with van der Waals surface area (Å²) in [5.74, 6) is -0.816. The monoisotopic (exact) mass is 431 g/mol. The number of hydrogen-bond acceptors (Lipinski definition) is 6. The van der Waals surface area contributed by atoms with Crippen molar-refractivity contribution >= 4 is 11.9 Å². The van der Waals surface area contributed by atoms with Crippen molar-refractivity contribution < 1.29 is 23.8 Å². The van der Waals surface area contributed by atoms with Gasteiger partial charge in [-0.3, -0.25) is 10.1 Å². The second-order valence-electron chi connectivity index (χ2n) is 7.51. The molecule has 1 heterocycles. The number of carbonyl (C=O) groups is 2. The Hall–Kier alpha value is -3.09. The van der Waals surface area contributed by atoms with Crippen molar-refractivity contribution in [1.82, 2.24) is 5.32 Å². The fourth-order valence-corrected chi connectivity index (χ4v) is 2.79. The minimum atomic E-state index is -0.853. The summed E-state index contributed by atoms with van der Waals surface area (Å²) in [5.41, 5.74) is 0.286. The average molecular weight is 432 g/mol. The Morgan fingerprint density at radius 2 is 2.00 bits per heavy atom. The van der Waals surface area contributed by atoms with Crippen LogP contribution in [-0.4, -0.2) is 24.1 Å². The lowest BCUT2D eigenvalue weighted by molar-refractivity contribution is 0.102. The van der Waals surface area contributed by atoms with Gasteiger partial charge in [-0.05, 0) is 45.1 Å². The number of Topliss-reactive ketones (excluding diaryl/α,β-unsaturated/α-hetero) is 1. The molecule has 1 atom stereocenters. The van der Waals surface area contributed by atoms with E-state index in [0.29, 0.717) is 24.2 Å². The van der Waals surface area contributed by atoms with Crippen LogP contribution >= 0.6 is 0 Å². The highest BCUT2D eigenvalue weighted by molar-refractivity contribution is 6.09. The van der Waals surface area contributed by atoms with Crippen LogP contribution < -0.4 is 10.9 Å². The number of nitrogens with one attached hydrogen (secondary N) is 1. The lowest BCUT2D eigenvalue weighted by atomic mass is 9.99. The summed E-state index contributed by atoms with van der Waals surface area (Å²) in [6.07, 6.45) is 10.5. The highest BCUT2D eigenvalue weighted by Gasteiger charge is 2.21. The van der Waals surface area contributed by atoms with Gasteiger partial charge in [-0.1, -0.05) is 44.1 Å². The molecule has 0 saturated carbocycles. The number of rotatable bonds is 11. The van der Waals surface area contributed by atoms with E-state index in [9.17, 15) is 19.5 Å². The molecular weight excluding hydrogens is 398 g/mol. The van der Waals surface area contributed by atoms with Gasteiger partial charge < -0.3 is 14.3 Å². The molecule has 0 fully saturated rings. The van der Waals surface area contributed by atoms with Gasteiger partial charge in [0.25, 0.3) is 0 Å². The zero-order chi connectivity index (χ0) is 23.4. The first kappa shape index (κ1) is 25.9. The van der Waals surface area contributed by atoms with Gasteiger partial charge in [-0.2, -0.15) is 0 Å². The first-order valence-corrected chi connectivity index (χ1v) is 10.5. The lowest BCUT2D eigenvalue weighted by Gasteiger charge is -2.11. The van der Waals surface area contributed by atoms with Crippen molar-refractivity contribution in [3.63, 3.8) is 0 Å². The summed E-state index contributed by atoms with van der Waals surface area (Å²) < 4.78 is 9.77. The minimum absolute atomic E-state index is 0.175. The molecule has 31 heavy (non-hydrogen) atoms. The molecule has 170 valence electrons. The van der Waals surface area contributed by atoms with Crippen LogP contribution in [0.15, 0.2) is 50.9 Å². The van der Waals surface area contributed by atoms with Gasteiger partial charge in [0.15, 0.2) is 5.78 Å². The van der Waals surface area contributed by atoms with E-state index in [1.54, 1.807) is 19.1 Å². The second kappa shape index (κ2) is 13.3. The number of methoxy groups -OCH3 is 1. The third kappa shape index (κ3) is 8.66. The van der Waals surface area contributed by atoms with Crippen LogP contribution in [0, 0.1) is 0 Å². The number of alkyl carbamates (subject to hydrolysis) is 1. The van der Waals surface area contributed by atoms with Crippen LogP contribution in [0.4, 0.5) is 4.79 Å². The Morgan fingerprint density at radius 3 is 2.61 bits per heavy atom. The number of aromatic hydroxyl groups is 1. The van der Waals surface area contributed by atoms with E-state index in [1.165, 1.54) is 19.4 Å². The van der Waals surface area contributed by atoms with Crippen LogP contribution in [0.2, 0.25) is 0 Å². The molecule has 0 aliphatic heterocycles. The molecule has 0 aliphatic rings. The summed E-state index contributed by atoms with van der Waals surface area (Å²) in [5, 5.41) is 12.8. The van der Waals surface area contributed by atoms with E-state index in [4.69, 9.17) is 4.42 Å². The number of ether oxygens (including phenoxy) is 1. The number of unbranched alkanes of at least 4 members (excludes halogenated alkanes) is 1. The molecule has 1 aromatic heterocycles. The average Bonchev–Trinajstić information content (AvgIpc) is 2.74. The van der Waals surface area contributed by atoms with Crippen LogP contribution in [0.3, 0.4) is 0 Å². The highest BCUT2D eigenvalue weighted by Crippen LogP contribution is 2.26. The topological polar surface area (TPSA) is 106 Å². The molecule has 1 aromatic rings. The molecule has 1 unspecified atom stereocenters. The number of allylic oxidation sites excluding steroid dienone is 5. The van der Waals surface area contributed by atoms with Gasteiger partial charge in [-0.15, -0.1) is 0 Å².